The van der Waals surface area contributed by atoms with Crippen LogP contribution in [0.15, 0.2) is 42.6 Å². The van der Waals surface area contributed by atoms with E-state index in [0.29, 0.717) is 23.8 Å². The summed E-state index contributed by atoms with van der Waals surface area (Å²) in [6.07, 6.45) is 4.80. The van der Waals surface area contributed by atoms with Gasteiger partial charge >= 0.3 is 0 Å². The number of nitrogens with one attached hydrogen (secondary N) is 3. The molecule has 0 radical (unpaired) electrons. The van der Waals surface area contributed by atoms with Gasteiger partial charge in [0.25, 0.3) is 0 Å². The summed E-state index contributed by atoms with van der Waals surface area (Å²) in [5.41, 5.74) is 7.30. The zero-order valence-electron chi connectivity index (χ0n) is 16.2. The predicted molar refractivity (Wildman–Crippen MR) is 113 cm³/mol. The van der Waals surface area contributed by atoms with Crippen molar-refractivity contribution in [3.05, 3.63) is 58.7 Å². The number of hydrogen-bond acceptors (Lipinski definition) is 5. The fourth-order valence-corrected chi connectivity index (χ4v) is 3.52. The van der Waals surface area contributed by atoms with E-state index in [1.807, 2.05) is 12.1 Å². The maximum absolute atomic E-state index is 12.9. The van der Waals surface area contributed by atoms with Crippen molar-refractivity contribution in [2.75, 3.05) is 12.3 Å². The summed E-state index contributed by atoms with van der Waals surface area (Å²) in [7, 11) is 0. The first-order chi connectivity index (χ1) is 14.0. The molecule has 7 nitrogen and oxygen atoms in total. The fraction of sp³-hybridized carbons (Fsp3) is 0.381. The second-order valence-electron chi connectivity index (χ2n) is 7.21. The van der Waals surface area contributed by atoms with Crippen LogP contribution in [0, 0.1) is 0 Å². The fourth-order valence-electron chi connectivity index (χ4n) is 3.31. The van der Waals surface area contributed by atoms with Gasteiger partial charge in [0.1, 0.15) is 11.9 Å². The second-order valence-corrected chi connectivity index (χ2v) is 7.64. The molecule has 0 bridgehead atoms. The lowest BCUT2D eigenvalue weighted by Crippen LogP contribution is -2.54. The molecule has 1 aliphatic rings. The number of hydrogen-bond donors (Lipinski definition) is 4. The minimum atomic E-state index is -0.702. The summed E-state index contributed by atoms with van der Waals surface area (Å²) < 4.78 is 0. The number of carbonyl (C=O) groups excluding carboxylic acids is 2. The molecule has 5 N–H and O–H groups in total. The molecular weight excluding hydrogens is 390 g/mol. The van der Waals surface area contributed by atoms with Crippen molar-refractivity contribution < 1.29 is 9.59 Å². The molecule has 0 saturated carbocycles. The maximum atomic E-state index is 12.9. The summed E-state index contributed by atoms with van der Waals surface area (Å²) in [6, 6.07) is 9.82. The van der Waals surface area contributed by atoms with Crippen LogP contribution in [0.4, 0.5) is 5.82 Å². The van der Waals surface area contributed by atoms with E-state index in [9.17, 15) is 9.59 Å². The maximum Gasteiger partial charge on any atom is 0.243 e. The van der Waals surface area contributed by atoms with Crippen LogP contribution in [0.3, 0.4) is 0 Å². The highest BCUT2D eigenvalue weighted by Crippen LogP contribution is 2.13. The first-order valence-electron chi connectivity index (χ1n) is 9.77. The van der Waals surface area contributed by atoms with Gasteiger partial charge in [-0.1, -0.05) is 36.2 Å². The number of piperidine rings is 1. The van der Waals surface area contributed by atoms with Gasteiger partial charge in [-0.15, -0.1) is 0 Å². The SMILES string of the molecule is Nc1ccc(CNC(=O)[C@H](Cc2cccc(Cl)c2)NC(=O)[C@H]2CCCCN2)cn1. The third-order valence-electron chi connectivity index (χ3n) is 4.90. The summed E-state index contributed by atoms with van der Waals surface area (Å²) in [4.78, 5) is 29.6. The molecule has 2 aromatic rings. The Morgan fingerprint density at radius 1 is 1.24 bits per heavy atom. The van der Waals surface area contributed by atoms with E-state index >= 15 is 0 Å². The van der Waals surface area contributed by atoms with E-state index < -0.39 is 6.04 Å². The van der Waals surface area contributed by atoms with Crippen LogP contribution in [-0.2, 0) is 22.6 Å². The monoisotopic (exact) mass is 415 g/mol. The van der Waals surface area contributed by atoms with Crippen LogP contribution < -0.4 is 21.7 Å². The van der Waals surface area contributed by atoms with E-state index in [2.05, 4.69) is 20.9 Å². The van der Waals surface area contributed by atoms with Crippen LogP contribution in [-0.4, -0.2) is 35.4 Å². The van der Waals surface area contributed by atoms with Crippen LogP contribution in [0.5, 0.6) is 0 Å². The molecule has 2 amide bonds. The number of pyridine rings is 1. The predicted octanol–water partition coefficient (Wildman–Crippen LogP) is 1.80. The zero-order valence-corrected chi connectivity index (χ0v) is 16.9. The molecule has 2 atom stereocenters. The van der Waals surface area contributed by atoms with E-state index in [1.165, 1.54) is 0 Å². The standard InChI is InChI=1S/C21H26ClN5O2/c22-16-5-3-4-14(10-16)11-18(27-21(29)17-6-1-2-9-24-17)20(28)26-13-15-7-8-19(23)25-12-15/h3-5,7-8,10,12,17-18,24H,1-2,6,9,11,13H2,(H2,23,25)(H,26,28)(H,27,29)/t17-,18+/m1/s1. The molecule has 8 heteroatoms. The van der Waals surface area contributed by atoms with Crippen LogP contribution in [0.25, 0.3) is 0 Å². The van der Waals surface area contributed by atoms with Gasteiger partial charge in [0.15, 0.2) is 0 Å². The number of benzene rings is 1. The van der Waals surface area contributed by atoms with Crippen molar-refractivity contribution >= 4 is 29.2 Å². The number of rotatable bonds is 7. The quantitative estimate of drug-likeness (QED) is 0.551. The number of carbonyl (C=O) groups is 2. The largest absolute Gasteiger partial charge is 0.384 e. The molecule has 1 fully saturated rings. The van der Waals surface area contributed by atoms with Crippen LogP contribution in [0.1, 0.15) is 30.4 Å². The number of nitrogen functional groups attached to an aromatic ring is 1. The molecule has 2 heterocycles. The van der Waals surface area contributed by atoms with E-state index in [0.717, 1.165) is 36.9 Å². The smallest absolute Gasteiger partial charge is 0.243 e. The highest BCUT2D eigenvalue weighted by Gasteiger charge is 2.26. The van der Waals surface area contributed by atoms with Crippen molar-refractivity contribution in [2.24, 2.45) is 0 Å². The average molecular weight is 416 g/mol. The summed E-state index contributed by atoms with van der Waals surface area (Å²) in [6.45, 7) is 1.11. The van der Waals surface area contributed by atoms with Crippen molar-refractivity contribution in [1.82, 2.24) is 20.9 Å². The Bertz CT molecular complexity index is 837. The zero-order chi connectivity index (χ0) is 20.6. The molecule has 154 valence electrons. The van der Waals surface area contributed by atoms with Crippen molar-refractivity contribution in [1.29, 1.82) is 0 Å². The summed E-state index contributed by atoms with van der Waals surface area (Å²) >= 11 is 6.07. The van der Waals surface area contributed by atoms with Crippen molar-refractivity contribution in [3.8, 4) is 0 Å². The molecule has 29 heavy (non-hydrogen) atoms. The molecule has 1 aliphatic heterocycles. The first kappa shape index (κ1) is 21.1. The first-order valence-corrected chi connectivity index (χ1v) is 10.2. The molecule has 0 spiro atoms. The Morgan fingerprint density at radius 2 is 2.10 bits per heavy atom. The average Bonchev–Trinajstić information content (AvgIpc) is 2.73. The number of nitrogens with zero attached hydrogens (tertiary/aromatic N) is 1. The highest BCUT2D eigenvalue weighted by atomic mass is 35.5. The Labute approximate surface area is 175 Å². The van der Waals surface area contributed by atoms with Gasteiger partial charge < -0.3 is 21.7 Å². The minimum Gasteiger partial charge on any atom is -0.384 e. The molecular formula is C21H26ClN5O2. The normalized spacial score (nSPS) is 17.3. The van der Waals surface area contributed by atoms with Crippen LogP contribution in [0.2, 0.25) is 5.02 Å². The molecule has 3 rings (SSSR count). The Balaban J connectivity index is 1.67. The summed E-state index contributed by atoms with van der Waals surface area (Å²) in [5.74, 6) is 0.0122. The Kier molecular flexibility index (Phi) is 7.43. The van der Waals surface area contributed by atoms with E-state index in [4.69, 9.17) is 17.3 Å². The second kappa shape index (κ2) is 10.2. The van der Waals surface area contributed by atoms with Crippen LogP contribution >= 0.6 is 11.6 Å². The minimum absolute atomic E-state index is 0.152. The topological polar surface area (TPSA) is 109 Å². The van der Waals surface area contributed by atoms with Gasteiger partial charge in [0, 0.05) is 24.2 Å². The molecule has 1 aromatic heterocycles. The number of aromatic nitrogens is 1. The number of nitrogens with two attached hydrogens (primary N) is 1. The molecule has 1 aromatic carbocycles. The Morgan fingerprint density at radius 3 is 2.79 bits per heavy atom. The van der Waals surface area contributed by atoms with Crippen molar-refractivity contribution in [2.45, 2.75) is 44.3 Å². The third kappa shape index (κ3) is 6.44. The van der Waals surface area contributed by atoms with E-state index in [1.54, 1.807) is 30.5 Å². The number of amides is 2. The van der Waals surface area contributed by atoms with Gasteiger partial charge in [0.2, 0.25) is 11.8 Å². The lowest BCUT2D eigenvalue weighted by Gasteiger charge is -2.25. The van der Waals surface area contributed by atoms with Gasteiger partial charge in [0.05, 0.1) is 6.04 Å². The number of halogens is 1. The van der Waals surface area contributed by atoms with Gasteiger partial charge in [-0.05, 0) is 48.7 Å². The van der Waals surface area contributed by atoms with Gasteiger partial charge in [-0.2, -0.15) is 0 Å². The van der Waals surface area contributed by atoms with Gasteiger partial charge in [-0.25, -0.2) is 4.98 Å². The summed E-state index contributed by atoms with van der Waals surface area (Å²) in [5, 5.41) is 9.59. The van der Waals surface area contributed by atoms with Gasteiger partial charge in [-0.3, -0.25) is 9.59 Å². The molecule has 1 saturated heterocycles. The third-order valence-corrected chi connectivity index (χ3v) is 5.14. The lowest BCUT2D eigenvalue weighted by atomic mass is 10.0. The highest BCUT2D eigenvalue weighted by molar-refractivity contribution is 6.30. The number of anilines is 1. The Hall–Kier alpha value is -2.64. The molecule has 0 unspecified atom stereocenters. The van der Waals surface area contributed by atoms with E-state index in [-0.39, 0.29) is 17.9 Å². The molecule has 0 aliphatic carbocycles. The van der Waals surface area contributed by atoms with Crippen molar-refractivity contribution in [3.63, 3.8) is 0 Å². The lowest BCUT2D eigenvalue weighted by molar-refractivity contribution is -0.130.